The molecule has 2 heterocycles. The van der Waals surface area contributed by atoms with Crippen LogP contribution < -0.4 is 4.74 Å². The zero-order valence-electron chi connectivity index (χ0n) is 15.3. The molecule has 0 saturated carbocycles. The molecule has 1 fully saturated rings. The second kappa shape index (κ2) is 8.12. The molecule has 0 bridgehead atoms. The molecule has 1 aliphatic rings. The fraction of sp³-hybridized carbons (Fsp3) is 0.556. The Morgan fingerprint density at radius 2 is 1.72 bits per heavy atom. The second-order valence-corrected chi connectivity index (χ2v) is 7.16. The van der Waals surface area contributed by atoms with E-state index >= 15 is 0 Å². The average molecular weight is 362 g/mol. The van der Waals surface area contributed by atoms with Gasteiger partial charge in [-0.15, -0.1) is 0 Å². The summed E-state index contributed by atoms with van der Waals surface area (Å²) in [6.07, 6.45) is 1.84. The third kappa shape index (κ3) is 4.48. The van der Waals surface area contributed by atoms with Crippen molar-refractivity contribution in [2.75, 3.05) is 33.3 Å². The molecule has 7 heteroatoms. The normalized spacial score (nSPS) is 16.5. The number of nitrogens with zero attached hydrogens (tertiary/aromatic N) is 5. The molecule has 6 nitrogen and oxygen atoms in total. The number of piperazine rings is 1. The fourth-order valence-corrected chi connectivity index (χ4v) is 3.43. The standard InChI is InChI=1S/C18H27N5OS/c1-15(2)22-13-19-23(18(22)25)14-21-10-8-20(9-11-21)12-16-4-6-17(24-3)7-5-16/h4-7,13,15H,8-12,14H2,1-3H3. The van der Waals surface area contributed by atoms with E-state index in [1.807, 2.05) is 27.7 Å². The summed E-state index contributed by atoms with van der Waals surface area (Å²) in [6, 6.07) is 8.69. The van der Waals surface area contributed by atoms with E-state index in [1.165, 1.54) is 5.56 Å². The van der Waals surface area contributed by atoms with Crippen LogP contribution >= 0.6 is 12.2 Å². The molecule has 1 aliphatic heterocycles. The van der Waals surface area contributed by atoms with E-state index < -0.39 is 0 Å². The van der Waals surface area contributed by atoms with E-state index in [2.05, 4.69) is 40.9 Å². The van der Waals surface area contributed by atoms with Crippen molar-refractivity contribution in [2.45, 2.75) is 33.1 Å². The first-order valence-corrected chi connectivity index (χ1v) is 9.19. The van der Waals surface area contributed by atoms with Gasteiger partial charge in [-0.05, 0) is 43.8 Å². The van der Waals surface area contributed by atoms with Gasteiger partial charge in [0.25, 0.3) is 0 Å². The van der Waals surface area contributed by atoms with Crippen LogP contribution in [0.15, 0.2) is 30.6 Å². The maximum atomic E-state index is 5.52. The van der Waals surface area contributed by atoms with Gasteiger partial charge in [-0.3, -0.25) is 9.80 Å². The number of benzene rings is 1. The van der Waals surface area contributed by atoms with Gasteiger partial charge in [-0.25, -0.2) is 4.68 Å². The van der Waals surface area contributed by atoms with Crippen molar-refractivity contribution in [3.8, 4) is 5.75 Å². The molecule has 0 radical (unpaired) electrons. The van der Waals surface area contributed by atoms with Crippen molar-refractivity contribution in [3.63, 3.8) is 0 Å². The lowest BCUT2D eigenvalue weighted by Crippen LogP contribution is -2.46. The third-order valence-corrected chi connectivity index (χ3v) is 5.10. The van der Waals surface area contributed by atoms with E-state index in [0.29, 0.717) is 6.04 Å². The molecule has 25 heavy (non-hydrogen) atoms. The highest BCUT2D eigenvalue weighted by atomic mass is 32.1. The minimum absolute atomic E-state index is 0.350. The van der Waals surface area contributed by atoms with Crippen molar-refractivity contribution >= 4 is 12.2 Å². The summed E-state index contributed by atoms with van der Waals surface area (Å²) in [5.41, 5.74) is 1.33. The van der Waals surface area contributed by atoms with Crippen LogP contribution in [0.1, 0.15) is 25.5 Å². The fourth-order valence-electron chi connectivity index (χ4n) is 3.07. The van der Waals surface area contributed by atoms with Crippen LogP contribution in [0.3, 0.4) is 0 Å². The molecule has 0 atom stereocenters. The number of hydrogen-bond acceptors (Lipinski definition) is 5. The largest absolute Gasteiger partial charge is 0.497 e. The van der Waals surface area contributed by atoms with Crippen molar-refractivity contribution in [3.05, 3.63) is 40.9 Å². The topological polar surface area (TPSA) is 38.5 Å². The van der Waals surface area contributed by atoms with Crippen LogP contribution in [-0.4, -0.2) is 57.4 Å². The molecular formula is C18H27N5OS. The van der Waals surface area contributed by atoms with Crippen molar-refractivity contribution in [1.29, 1.82) is 0 Å². The first kappa shape index (κ1) is 18.1. The molecule has 3 rings (SSSR count). The Morgan fingerprint density at radius 1 is 1.08 bits per heavy atom. The summed E-state index contributed by atoms with van der Waals surface area (Å²) >= 11 is 5.52. The highest BCUT2D eigenvalue weighted by Crippen LogP contribution is 2.14. The lowest BCUT2D eigenvalue weighted by Gasteiger charge is -2.34. The summed E-state index contributed by atoms with van der Waals surface area (Å²) in [5.74, 6) is 0.908. The van der Waals surface area contributed by atoms with Crippen LogP contribution in [0.2, 0.25) is 0 Å². The smallest absolute Gasteiger partial charge is 0.199 e. The maximum Gasteiger partial charge on any atom is 0.199 e. The Morgan fingerprint density at radius 3 is 2.28 bits per heavy atom. The van der Waals surface area contributed by atoms with E-state index in [-0.39, 0.29) is 0 Å². The molecule has 2 aromatic rings. The Hall–Kier alpha value is -1.70. The predicted molar refractivity (Wildman–Crippen MR) is 101 cm³/mol. The SMILES string of the molecule is COc1ccc(CN2CCN(Cn3ncn(C(C)C)c3=S)CC2)cc1. The Bertz CT molecular complexity index is 729. The molecule has 1 saturated heterocycles. The number of aromatic nitrogens is 3. The van der Waals surface area contributed by atoms with Gasteiger partial charge in [-0.2, -0.15) is 5.10 Å². The maximum absolute atomic E-state index is 5.52. The van der Waals surface area contributed by atoms with Gasteiger partial charge in [0.15, 0.2) is 4.77 Å². The predicted octanol–water partition coefficient (Wildman–Crippen LogP) is 2.78. The summed E-state index contributed by atoms with van der Waals surface area (Å²) in [7, 11) is 1.70. The first-order chi connectivity index (χ1) is 12.1. The number of hydrogen-bond donors (Lipinski definition) is 0. The van der Waals surface area contributed by atoms with Crippen LogP contribution in [-0.2, 0) is 13.2 Å². The molecule has 0 N–H and O–H groups in total. The van der Waals surface area contributed by atoms with Crippen LogP contribution in [0.25, 0.3) is 0 Å². The molecule has 1 aromatic heterocycles. The van der Waals surface area contributed by atoms with Gasteiger partial charge in [0.2, 0.25) is 0 Å². The highest BCUT2D eigenvalue weighted by molar-refractivity contribution is 7.71. The van der Waals surface area contributed by atoms with Crippen molar-refractivity contribution < 1.29 is 4.74 Å². The van der Waals surface area contributed by atoms with Gasteiger partial charge in [-0.1, -0.05) is 12.1 Å². The third-order valence-electron chi connectivity index (χ3n) is 4.68. The minimum atomic E-state index is 0.350. The monoisotopic (exact) mass is 361 g/mol. The van der Waals surface area contributed by atoms with E-state index in [0.717, 1.165) is 49.9 Å². The number of ether oxygens (including phenoxy) is 1. The summed E-state index contributed by atoms with van der Waals surface area (Å²) in [4.78, 5) is 4.91. The lowest BCUT2D eigenvalue weighted by molar-refractivity contribution is 0.0979. The quantitative estimate of drug-likeness (QED) is 0.740. The van der Waals surface area contributed by atoms with Crippen LogP contribution in [0.5, 0.6) is 5.75 Å². The Balaban J connectivity index is 1.50. The zero-order chi connectivity index (χ0) is 17.8. The molecule has 0 aliphatic carbocycles. The second-order valence-electron chi connectivity index (χ2n) is 6.80. The Labute approximate surface area is 154 Å². The minimum Gasteiger partial charge on any atom is -0.497 e. The number of methoxy groups -OCH3 is 1. The zero-order valence-corrected chi connectivity index (χ0v) is 16.1. The van der Waals surface area contributed by atoms with Gasteiger partial charge in [0.05, 0.1) is 13.8 Å². The van der Waals surface area contributed by atoms with Gasteiger partial charge < -0.3 is 9.30 Å². The van der Waals surface area contributed by atoms with E-state index in [9.17, 15) is 0 Å². The molecule has 0 unspecified atom stereocenters. The molecular weight excluding hydrogens is 334 g/mol. The molecule has 136 valence electrons. The molecule has 1 aromatic carbocycles. The van der Waals surface area contributed by atoms with Crippen LogP contribution in [0.4, 0.5) is 0 Å². The highest BCUT2D eigenvalue weighted by Gasteiger charge is 2.18. The van der Waals surface area contributed by atoms with Crippen molar-refractivity contribution in [2.24, 2.45) is 0 Å². The average Bonchev–Trinajstić information content (AvgIpc) is 2.98. The van der Waals surface area contributed by atoms with Gasteiger partial charge in [0.1, 0.15) is 12.1 Å². The van der Waals surface area contributed by atoms with Gasteiger partial charge >= 0.3 is 0 Å². The van der Waals surface area contributed by atoms with Gasteiger partial charge in [0, 0.05) is 38.8 Å². The van der Waals surface area contributed by atoms with Crippen molar-refractivity contribution in [1.82, 2.24) is 24.1 Å². The summed E-state index contributed by atoms with van der Waals surface area (Å²) in [5, 5.41) is 4.44. The summed E-state index contributed by atoms with van der Waals surface area (Å²) in [6.45, 7) is 10.2. The van der Waals surface area contributed by atoms with E-state index in [4.69, 9.17) is 17.0 Å². The lowest BCUT2D eigenvalue weighted by atomic mass is 10.2. The molecule has 0 amide bonds. The first-order valence-electron chi connectivity index (χ1n) is 8.78. The number of rotatable bonds is 6. The van der Waals surface area contributed by atoms with Crippen LogP contribution in [0, 0.1) is 4.77 Å². The molecule has 0 spiro atoms. The summed E-state index contributed by atoms with van der Waals surface area (Å²) < 4.78 is 9.98. The Kier molecular flexibility index (Phi) is 5.88. The van der Waals surface area contributed by atoms with E-state index in [1.54, 1.807) is 7.11 Å².